The number of carbonyl (C=O) groups is 2. The molecule has 3 nitrogen and oxygen atoms in total. The third-order valence-electron chi connectivity index (χ3n) is 3.71. The summed E-state index contributed by atoms with van der Waals surface area (Å²) >= 11 is 5.52. The highest BCUT2D eigenvalue weighted by molar-refractivity contribution is 6.31. The molecule has 0 spiro atoms. The highest BCUT2D eigenvalue weighted by Crippen LogP contribution is 2.58. The fourth-order valence-corrected chi connectivity index (χ4v) is 2.84. The first-order valence-corrected chi connectivity index (χ1v) is 5.87. The van der Waals surface area contributed by atoms with Gasteiger partial charge in [0.05, 0.1) is 21.9 Å². The Hall–Kier alpha value is -1.56. The smallest absolute Gasteiger partial charge is 0.295 e. The first kappa shape index (κ1) is 12.5. The predicted molar refractivity (Wildman–Crippen MR) is 59.4 cm³/mol. The number of benzene rings is 1. The molecule has 1 N–H and O–H groups in total. The number of rotatable bonds is 1. The molecular weight excluding hydrogens is 283 g/mol. The van der Waals surface area contributed by atoms with E-state index in [-0.39, 0.29) is 12.0 Å². The molecule has 0 radical (unpaired) electrons. The van der Waals surface area contributed by atoms with Crippen molar-refractivity contribution in [3.63, 3.8) is 0 Å². The quantitative estimate of drug-likeness (QED) is 0.806. The summed E-state index contributed by atoms with van der Waals surface area (Å²) < 4.78 is 38.3. The van der Waals surface area contributed by atoms with Crippen LogP contribution in [0, 0.1) is 5.92 Å². The van der Waals surface area contributed by atoms with E-state index in [1.54, 1.807) is 0 Å². The van der Waals surface area contributed by atoms with Gasteiger partial charge < -0.3 is 0 Å². The van der Waals surface area contributed by atoms with Crippen LogP contribution in [0.1, 0.15) is 17.5 Å². The zero-order valence-corrected chi connectivity index (χ0v) is 10.1. The van der Waals surface area contributed by atoms with Crippen LogP contribution in [-0.4, -0.2) is 11.8 Å². The van der Waals surface area contributed by atoms with E-state index in [2.05, 4.69) is 5.32 Å². The van der Waals surface area contributed by atoms with Crippen LogP contribution in [0.3, 0.4) is 0 Å². The Balaban J connectivity index is 2.09. The molecule has 3 rings (SSSR count). The van der Waals surface area contributed by atoms with Gasteiger partial charge >= 0.3 is 6.18 Å². The molecule has 1 saturated carbocycles. The number of halogens is 4. The van der Waals surface area contributed by atoms with Gasteiger partial charge in [0.2, 0.25) is 11.8 Å². The molecule has 1 aromatic rings. The van der Waals surface area contributed by atoms with E-state index in [1.807, 2.05) is 0 Å². The van der Waals surface area contributed by atoms with Gasteiger partial charge in [-0.15, -0.1) is 0 Å². The van der Waals surface area contributed by atoms with E-state index in [4.69, 9.17) is 11.6 Å². The number of hydrogen-bond donors (Lipinski definition) is 1. The number of piperidine rings is 1. The molecule has 0 aromatic heterocycles. The average molecular weight is 290 g/mol. The first-order valence-electron chi connectivity index (χ1n) is 5.49. The van der Waals surface area contributed by atoms with Crippen molar-refractivity contribution in [3.05, 3.63) is 34.3 Å². The highest BCUT2D eigenvalue weighted by atomic mass is 35.5. The molecule has 1 aromatic carbocycles. The fourth-order valence-electron chi connectivity index (χ4n) is 2.61. The number of imide groups is 1. The van der Waals surface area contributed by atoms with Gasteiger partial charge in [0, 0.05) is 0 Å². The maximum Gasteiger partial charge on any atom is 0.417 e. The lowest BCUT2D eigenvalue weighted by Crippen LogP contribution is -2.30. The average Bonchev–Trinajstić information content (AvgIpc) is 2.99. The molecule has 1 heterocycles. The van der Waals surface area contributed by atoms with Gasteiger partial charge in [-0.25, -0.2) is 0 Å². The van der Waals surface area contributed by atoms with Crippen LogP contribution in [0.15, 0.2) is 18.2 Å². The Labute approximate surface area is 110 Å². The van der Waals surface area contributed by atoms with E-state index in [0.717, 1.165) is 12.1 Å². The summed E-state index contributed by atoms with van der Waals surface area (Å²) in [6.45, 7) is 0. The van der Waals surface area contributed by atoms with Crippen LogP contribution in [0.5, 0.6) is 0 Å². The third-order valence-corrected chi connectivity index (χ3v) is 4.04. The van der Waals surface area contributed by atoms with Gasteiger partial charge in [-0.3, -0.25) is 14.9 Å². The maximum absolute atomic E-state index is 12.8. The minimum absolute atomic E-state index is 0.192. The Bertz CT molecular complexity index is 613. The van der Waals surface area contributed by atoms with E-state index in [0.29, 0.717) is 0 Å². The molecule has 2 aliphatic rings. The van der Waals surface area contributed by atoms with Gasteiger partial charge in [0.25, 0.3) is 0 Å². The summed E-state index contributed by atoms with van der Waals surface area (Å²) in [4.78, 5) is 23.1. The van der Waals surface area contributed by atoms with Crippen LogP contribution in [0.2, 0.25) is 5.02 Å². The number of hydrogen-bond acceptors (Lipinski definition) is 2. The fraction of sp³-hybridized carbons (Fsp3) is 0.333. The maximum atomic E-state index is 12.8. The molecule has 7 heteroatoms. The topological polar surface area (TPSA) is 46.2 Å². The lowest BCUT2D eigenvalue weighted by atomic mass is 9.92. The molecule has 2 fully saturated rings. The molecule has 1 saturated heterocycles. The second-order valence-corrected chi connectivity index (χ2v) is 5.15. The summed E-state index contributed by atoms with van der Waals surface area (Å²) in [6, 6.07) is 3.34. The standard InChI is InChI=1S/C12H7ClF3NO2/c13-8-2-1-5(3-6(8)12(14,15)16)11-4-7(11)9(18)17-10(11)19/h1-3,7H,4H2,(H,17,18,19). The zero-order chi connectivity index (χ0) is 14.0. The normalized spacial score (nSPS) is 29.2. The molecule has 100 valence electrons. The summed E-state index contributed by atoms with van der Waals surface area (Å²) in [7, 11) is 0. The lowest BCUT2D eigenvalue weighted by molar-refractivity contribution is -0.137. The number of alkyl halides is 3. The third kappa shape index (κ3) is 1.59. The predicted octanol–water partition coefficient (Wildman–Crippen LogP) is 2.27. The summed E-state index contributed by atoms with van der Waals surface area (Å²) in [5.41, 5.74) is -1.92. The van der Waals surface area contributed by atoms with Crippen molar-refractivity contribution in [1.82, 2.24) is 5.32 Å². The molecule has 19 heavy (non-hydrogen) atoms. The van der Waals surface area contributed by atoms with Crippen molar-refractivity contribution in [2.24, 2.45) is 5.92 Å². The van der Waals surface area contributed by atoms with Crippen molar-refractivity contribution < 1.29 is 22.8 Å². The van der Waals surface area contributed by atoms with E-state index in [1.165, 1.54) is 6.07 Å². The highest BCUT2D eigenvalue weighted by Gasteiger charge is 2.69. The Morgan fingerprint density at radius 2 is 2.00 bits per heavy atom. The molecular formula is C12H7ClF3NO2. The van der Waals surface area contributed by atoms with Gasteiger partial charge in [-0.1, -0.05) is 17.7 Å². The molecule has 0 bridgehead atoms. The second-order valence-electron chi connectivity index (χ2n) is 4.74. The van der Waals surface area contributed by atoms with Crippen molar-refractivity contribution in [2.75, 3.05) is 0 Å². The van der Waals surface area contributed by atoms with Crippen LogP contribution < -0.4 is 5.32 Å². The SMILES string of the molecule is O=C1NC(=O)C2(c3ccc(Cl)c(C(F)(F)F)c3)CC12. The second kappa shape index (κ2) is 3.50. The first-order chi connectivity index (χ1) is 8.76. The van der Waals surface area contributed by atoms with Crippen molar-refractivity contribution in [2.45, 2.75) is 18.0 Å². The van der Waals surface area contributed by atoms with Crippen molar-refractivity contribution in [1.29, 1.82) is 0 Å². The van der Waals surface area contributed by atoms with E-state index < -0.39 is 39.9 Å². The minimum Gasteiger partial charge on any atom is -0.295 e. The van der Waals surface area contributed by atoms with Gasteiger partial charge in [0.15, 0.2) is 0 Å². The minimum atomic E-state index is -4.59. The summed E-state index contributed by atoms with van der Waals surface area (Å²) in [5.74, 6) is -1.51. The van der Waals surface area contributed by atoms with Gasteiger partial charge in [-0.2, -0.15) is 13.2 Å². The number of fused-ring (bicyclic) bond motifs is 1. The van der Waals surface area contributed by atoms with E-state index in [9.17, 15) is 22.8 Å². The molecule has 2 atom stereocenters. The van der Waals surface area contributed by atoms with Crippen LogP contribution >= 0.6 is 11.6 Å². The zero-order valence-electron chi connectivity index (χ0n) is 9.34. The Morgan fingerprint density at radius 3 is 2.47 bits per heavy atom. The number of nitrogens with one attached hydrogen (secondary N) is 1. The lowest BCUT2D eigenvalue weighted by Gasteiger charge is -2.14. The number of carbonyl (C=O) groups excluding carboxylic acids is 2. The van der Waals surface area contributed by atoms with Gasteiger partial charge in [0.1, 0.15) is 0 Å². The summed E-state index contributed by atoms with van der Waals surface area (Å²) in [6.07, 6.45) is -4.33. The van der Waals surface area contributed by atoms with Gasteiger partial charge in [-0.05, 0) is 24.1 Å². The van der Waals surface area contributed by atoms with Crippen LogP contribution in [0.25, 0.3) is 0 Å². The summed E-state index contributed by atoms with van der Waals surface area (Å²) in [5, 5.41) is 1.71. The monoisotopic (exact) mass is 289 g/mol. The van der Waals surface area contributed by atoms with Crippen molar-refractivity contribution >= 4 is 23.4 Å². The van der Waals surface area contributed by atoms with Crippen molar-refractivity contribution in [3.8, 4) is 0 Å². The number of amides is 2. The Morgan fingerprint density at radius 1 is 1.32 bits per heavy atom. The molecule has 1 aliphatic carbocycles. The van der Waals surface area contributed by atoms with Crippen LogP contribution in [0.4, 0.5) is 13.2 Å². The van der Waals surface area contributed by atoms with Crippen LogP contribution in [-0.2, 0) is 21.2 Å². The largest absolute Gasteiger partial charge is 0.417 e. The molecule has 2 unspecified atom stereocenters. The molecule has 2 amide bonds. The van der Waals surface area contributed by atoms with E-state index >= 15 is 0 Å². The Kier molecular flexibility index (Phi) is 2.30. The molecule has 1 aliphatic heterocycles.